The Morgan fingerprint density at radius 3 is 2.68 bits per heavy atom. The molecule has 2 rings (SSSR count). The highest BCUT2D eigenvalue weighted by Gasteiger charge is 2.12. The lowest BCUT2D eigenvalue weighted by Gasteiger charge is -2.00. The lowest BCUT2D eigenvalue weighted by Crippen LogP contribution is -2.11. The van der Waals surface area contributed by atoms with Crippen molar-refractivity contribution in [3.05, 3.63) is 40.4 Å². The molecule has 0 saturated heterocycles. The van der Waals surface area contributed by atoms with Crippen LogP contribution in [-0.2, 0) is 13.0 Å². The predicted octanol–water partition coefficient (Wildman–Crippen LogP) is 4.18. The zero-order valence-corrected chi connectivity index (χ0v) is 12.8. The molecule has 0 spiro atoms. The minimum atomic E-state index is 0.940. The van der Waals surface area contributed by atoms with Crippen LogP contribution in [-0.4, -0.2) is 11.5 Å². The van der Waals surface area contributed by atoms with Crippen molar-refractivity contribution in [3.8, 4) is 10.6 Å². The molecule has 3 heteroatoms. The molecule has 1 heterocycles. The van der Waals surface area contributed by atoms with Crippen molar-refractivity contribution in [2.45, 2.75) is 40.2 Å². The fraction of sp³-hybridized carbons (Fsp3) is 0.438. The smallest absolute Gasteiger partial charge is 0.124 e. The Kier molecular flexibility index (Phi) is 5.11. The highest BCUT2D eigenvalue weighted by molar-refractivity contribution is 7.15. The fourth-order valence-corrected chi connectivity index (χ4v) is 3.29. The van der Waals surface area contributed by atoms with Crippen LogP contribution in [0.2, 0.25) is 0 Å². The first-order valence-corrected chi connectivity index (χ1v) is 7.83. The van der Waals surface area contributed by atoms with Crippen molar-refractivity contribution < 1.29 is 0 Å². The number of thiazole rings is 1. The van der Waals surface area contributed by atoms with Gasteiger partial charge in [-0.1, -0.05) is 44.5 Å². The molecule has 0 aliphatic rings. The summed E-state index contributed by atoms with van der Waals surface area (Å²) in [5.74, 6) is 0. The monoisotopic (exact) mass is 274 g/mol. The molecule has 0 aliphatic heterocycles. The van der Waals surface area contributed by atoms with E-state index in [0.29, 0.717) is 0 Å². The third-order valence-electron chi connectivity index (χ3n) is 3.18. The number of hydrogen-bond donors (Lipinski definition) is 1. The normalized spacial score (nSPS) is 10.9. The first kappa shape index (κ1) is 14.2. The topological polar surface area (TPSA) is 24.9 Å². The van der Waals surface area contributed by atoms with Crippen molar-refractivity contribution in [3.63, 3.8) is 0 Å². The van der Waals surface area contributed by atoms with Gasteiger partial charge in [-0.15, -0.1) is 11.3 Å². The van der Waals surface area contributed by atoms with Gasteiger partial charge in [-0.2, -0.15) is 0 Å². The van der Waals surface area contributed by atoms with Gasteiger partial charge in [-0.3, -0.25) is 0 Å². The minimum absolute atomic E-state index is 0.940. The quantitative estimate of drug-likeness (QED) is 0.854. The van der Waals surface area contributed by atoms with Crippen LogP contribution in [0, 0.1) is 6.92 Å². The highest BCUT2D eigenvalue weighted by atomic mass is 32.1. The number of nitrogens with one attached hydrogen (secondary N) is 1. The summed E-state index contributed by atoms with van der Waals surface area (Å²) >= 11 is 1.83. The molecule has 1 N–H and O–H groups in total. The van der Waals surface area contributed by atoms with E-state index in [1.165, 1.54) is 21.7 Å². The van der Waals surface area contributed by atoms with Gasteiger partial charge in [0.15, 0.2) is 0 Å². The number of aromatic nitrogens is 1. The van der Waals surface area contributed by atoms with Crippen LogP contribution in [0.25, 0.3) is 10.6 Å². The van der Waals surface area contributed by atoms with E-state index in [2.05, 4.69) is 50.4 Å². The molecule has 0 amide bonds. The van der Waals surface area contributed by atoms with Gasteiger partial charge >= 0.3 is 0 Å². The van der Waals surface area contributed by atoms with E-state index in [1.54, 1.807) is 0 Å². The average Bonchev–Trinajstić information content (AvgIpc) is 2.80. The average molecular weight is 274 g/mol. The van der Waals surface area contributed by atoms with Crippen LogP contribution >= 0.6 is 11.3 Å². The lowest BCUT2D eigenvalue weighted by molar-refractivity contribution is 0.723. The van der Waals surface area contributed by atoms with Gasteiger partial charge in [0.2, 0.25) is 0 Å². The molecular weight excluding hydrogens is 252 g/mol. The first-order chi connectivity index (χ1) is 9.26. The second kappa shape index (κ2) is 6.83. The summed E-state index contributed by atoms with van der Waals surface area (Å²) < 4.78 is 0. The largest absolute Gasteiger partial charge is 0.312 e. The van der Waals surface area contributed by atoms with Crippen LogP contribution in [0.3, 0.4) is 0 Å². The van der Waals surface area contributed by atoms with E-state index in [4.69, 9.17) is 4.98 Å². The molecule has 2 nitrogen and oxygen atoms in total. The summed E-state index contributed by atoms with van der Waals surface area (Å²) in [6, 6.07) is 8.49. The van der Waals surface area contributed by atoms with E-state index < -0.39 is 0 Å². The Labute approximate surface area is 119 Å². The van der Waals surface area contributed by atoms with Gasteiger partial charge in [0.1, 0.15) is 5.01 Å². The number of benzene rings is 1. The molecule has 0 fully saturated rings. The predicted molar refractivity (Wildman–Crippen MR) is 83.7 cm³/mol. The number of hydrogen-bond acceptors (Lipinski definition) is 3. The molecule has 1 aromatic carbocycles. The molecular formula is C16H22N2S. The summed E-state index contributed by atoms with van der Waals surface area (Å²) in [7, 11) is 0. The maximum absolute atomic E-state index is 4.86. The standard InChI is InChI=1S/C16H22N2S/c1-4-8-14-15(11-17-5-2)19-16(18-14)13-10-7-6-9-12(13)3/h6-7,9-10,17H,4-5,8,11H2,1-3H3. The van der Waals surface area contributed by atoms with Gasteiger partial charge in [0, 0.05) is 17.0 Å². The SMILES string of the molecule is CCCc1nc(-c2ccccc2C)sc1CNCC. The van der Waals surface area contributed by atoms with Gasteiger partial charge in [0.25, 0.3) is 0 Å². The summed E-state index contributed by atoms with van der Waals surface area (Å²) in [5, 5.41) is 4.57. The van der Waals surface area contributed by atoms with Gasteiger partial charge < -0.3 is 5.32 Å². The van der Waals surface area contributed by atoms with Gasteiger partial charge in [0.05, 0.1) is 5.69 Å². The van der Waals surface area contributed by atoms with Crippen molar-refractivity contribution in [1.29, 1.82) is 0 Å². The van der Waals surface area contributed by atoms with Gasteiger partial charge in [-0.05, 0) is 25.5 Å². The fourth-order valence-electron chi connectivity index (χ4n) is 2.12. The maximum atomic E-state index is 4.86. The Morgan fingerprint density at radius 1 is 1.21 bits per heavy atom. The molecule has 0 radical (unpaired) electrons. The van der Waals surface area contributed by atoms with Crippen molar-refractivity contribution in [2.75, 3.05) is 6.54 Å². The van der Waals surface area contributed by atoms with Crippen LogP contribution in [0.5, 0.6) is 0 Å². The molecule has 0 saturated carbocycles. The Morgan fingerprint density at radius 2 is 2.00 bits per heavy atom. The van der Waals surface area contributed by atoms with E-state index in [0.717, 1.165) is 30.9 Å². The van der Waals surface area contributed by atoms with Crippen molar-refractivity contribution >= 4 is 11.3 Å². The van der Waals surface area contributed by atoms with Crippen molar-refractivity contribution in [2.24, 2.45) is 0 Å². The second-order valence-corrected chi connectivity index (χ2v) is 5.82. The first-order valence-electron chi connectivity index (χ1n) is 7.01. The van der Waals surface area contributed by atoms with E-state index >= 15 is 0 Å². The third-order valence-corrected chi connectivity index (χ3v) is 4.31. The highest BCUT2D eigenvalue weighted by Crippen LogP contribution is 2.30. The molecule has 1 aromatic heterocycles. The molecule has 0 aliphatic carbocycles. The van der Waals surface area contributed by atoms with Crippen LogP contribution in [0.4, 0.5) is 0 Å². The third kappa shape index (κ3) is 3.43. The number of nitrogens with zero attached hydrogens (tertiary/aromatic N) is 1. The molecule has 0 bridgehead atoms. The molecule has 102 valence electrons. The minimum Gasteiger partial charge on any atom is -0.312 e. The lowest BCUT2D eigenvalue weighted by atomic mass is 10.1. The molecule has 0 unspecified atom stereocenters. The van der Waals surface area contributed by atoms with E-state index in [9.17, 15) is 0 Å². The molecule has 0 atom stereocenters. The second-order valence-electron chi connectivity index (χ2n) is 4.73. The zero-order chi connectivity index (χ0) is 13.7. The summed E-state index contributed by atoms with van der Waals surface area (Å²) in [4.78, 5) is 6.25. The van der Waals surface area contributed by atoms with E-state index in [1.807, 2.05) is 11.3 Å². The summed E-state index contributed by atoms with van der Waals surface area (Å²) in [5.41, 5.74) is 3.84. The van der Waals surface area contributed by atoms with Crippen LogP contribution in [0.15, 0.2) is 24.3 Å². The summed E-state index contributed by atoms with van der Waals surface area (Å²) in [6.07, 6.45) is 2.22. The van der Waals surface area contributed by atoms with Crippen LogP contribution < -0.4 is 5.32 Å². The maximum Gasteiger partial charge on any atom is 0.124 e. The Hall–Kier alpha value is -1.19. The van der Waals surface area contributed by atoms with E-state index in [-0.39, 0.29) is 0 Å². The number of aryl methyl sites for hydroxylation is 2. The number of rotatable bonds is 6. The summed E-state index contributed by atoms with van der Waals surface area (Å²) in [6.45, 7) is 8.45. The Balaban J connectivity index is 2.34. The molecule has 19 heavy (non-hydrogen) atoms. The Bertz CT molecular complexity index is 531. The van der Waals surface area contributed by atoms with Crippen LogP contribution in [0.1, 0.15) is 36.4 Å². The molecule has 2 aromatic rings. The zero-order valence-electron chi connectivity index (χ0n) is 12.0. The van der Waals surface area contributed by atoms with Crippen molar-refractivity contribution in [1.82, 2.24) is 10.3 Å². The van der Waals surface area contributed by atoms with Gasteiger partial charge in [-0.25, -0.2) is 4.98 Å².